The fraction of sp³-hybridized carbons (Fsp3) is 0.421. The average Bonchev–Trinajstić information content (AvgIpc) is 1.58. The summed E-state index contributed by atoms with van der Waals surface area (Å²) in [6, 6.07) is 35.1. The molecule has 4 fully saturated rings. The van der Waals surface area contributed by atoms with Gasteiger partial charge in [-0.3, -0.25) is 30.4 Å². The van der Waals surface area contributed by atoms with Gasteiger partial charge in [0.05, 0.1) is 28.4 Å². The van der Waals surface area contributed by atoms with Gasteiger partial charge in [-0.15, -0.1) is 20.4 Å². The molecule has 1 N–H and O–H groups in total. The van der Waals surface area contributed by atoms with Crippen molar-refractivity contribution in [1.82, 2.24) is 59.8 Å². The molecule has 0 saturated heterocycles. The van der Waals surface area contributed by atoms with Crippen LogP contribution in [-0.4, -0.2) is 111 Å². The quantitative estimate of drug-likeness (QED) is 0.0576. The Kier molecular flexibility index (Phi) is 24.7. The predicted octanol–water partition coefficient (Wildman–Crippen LogP) is 17.1. The summed E-state index contributed by atoms with van der Waals surface area (Å²) >= 11 is 3.38. The number of benzene rings is 4. The van der Waals surface area contributed by atoms with E-state index in [0.29, 0.717) is 41.5 Å². The maximum atomic E-state index is 8.70. The van der Waals surface area contributed by atoms with Crippen molar-refractivity contribution in [3.63, 3.8) is 0 Å². The van der Waals surface area contributed by atoms with Gasteiger partial charge in [0.25, 0.3) is 0 Å². The standard InChI is InChI=1S/C23H20N6O.2C15H25NP.C13H13BN3O3.C10H8BrN3.2ClH.Pd/c1-2-14(1)21-26-22(30-28-21)23(7-8-23)18-10-17(11-24-12-18)15-3-5-19-16(9-15)4-6-20-27-25-13-29(19)20;2*1-12(2)17(15(3,4)5)14-10-8-13(9-11-14)16(6)7;18-14-19-10-5-9(6-15-7-10)13(3-4-13)12-16-11(17-20-12)8-1-2-8;11-8-2-3-9-7(5-8)1-4-10-13-12-6-14(9)10;;;/h3,5,9-14H,1-2,4,6-8H2;2*8-11H,1-7H3;5-8,18H,1-4H2;2-3,5-6H,1,4H2;2*1H;/q;2*-1;;;;;+2/p-2. The van der Waals surface area contributed by atoms with E-state index in [0.717, 1.165) is 109 Å². The van der Waals surface area contributed by atoms with E-state index >= 15 is 0 Å². The van der Waals surface area contributed by atoms with Gasteiger partial charge in [0, 0.05) is 92.9 Å². The van der Waals surface area contributed by atoms with Crippen LogP contribution in [0.2, 0.25) is 0 Å². The van der Waals surface area contributed by atoms with Crippen LogP contribution in [0.5, 0.6) is 5.75 Å². The van der Waals surface area contributed by atoms with Gasteiger partial charge < -0.3 is 28.5 Å². The average molecular weight is 1590 g/mol. The molecule has 0 bridgehead atoms. The van der Waals surface area contributed by atoms with Gasteiger partial charge in [-0.25, -0.2) is 15.8 Å². The summed E-state index contributed by atoms with van der Waals surface area (Å²) in [5, 5.41) is 36.9. The molecule has 4 saturated carbocycles. The Labute approximate surface area is 623 Å². The van der Waals surface area contributed by atoms with Crippen molar-refractivity contribution in [1.29, 1.82) is 0 Å². The van der Waals surface area contributed by atoms with Crippen molar-refractivity contribution in [2.45, 2.75) is 179 Å². The maximum Gasteiger partial charge on any atom is 0.237 e. The van der Waals surface area contributed by atoms with Crippen LogP contribution in [0.25, 0.3) is 22.5 Å². The Bertz CT molecular complexity index is 4300. The third kappa shape index (κ3) is 18.5. The van der Waals surface area contributed by atoms with E-state index in [1.54, 1.807) is 36.4 Å². The number of anilines is 2. The second-order valence-electron chi connectivity index (χ2n) is 29.3. The Morgan fingerprint density at radius 2 is 1.02 bits per heavy atom. The molecule has 25 heteroatoms. The molecule has 4 aromatic carbocycles. The van der Waals surface area contributed by atoms with Crippen LogP contribution >= 0.6 is 50.8 Å². The Morgan fingerprint density at radius 3 is 1.44 bits per heavy atom. The minimum absolute atomic E-state index is 0.106. The molecule has 0 spiro atoms. The number of aromatic nitrogens is 12. The zero-order valence-corrected chi connectivity index (χ0v) is 66.6. The normalized spacial score (nSPS) is 16.2. The van der Waals surface area contributed by atoms with E-state index in [-0.39, 0.29) is 42.6 Å². The number of nitrogens with zero attached hydrogens (tertiary/aromatic N) is 14. The summed E-state index contributed by atoms with van der Waals surface area (Å²) in [7, 11) is 18.2. The number of pyridine rings is 2. The molecule has 16 rings (SSSR count). The topological polar surface area (TPSA) is 201 Å². The number of hydrogen-bond acceptors (Lipinski definition) is 16. The van der Waals surface area contributed by atoms with Crippen molar-refractivity contribution < 1.29 is 34.7 Å². The Hall–Kier alpha value is -6.25. The van der Waals surface area contributed by atoms with Gasteiger partial charge >= 0.3 is 42.7 Å². The number of fused-ring (bicyclic) bond motifs is 6. The molecular weight excluding hydrogens is 1500 g/mol. The first-order valence-corrected chi connectivity index (χ1v) is 41.8. The van der Waals surface area contributed by atoms with Crippen LogP contribution in [0.3, 0.4) is 0 Å². The van der Waals surface area contributed by atoms with Crippen molar-refractivity contribution in [2.75, 3.05) is 38.0 Å². The van der Waals surface area contributed by atoms with Gasteiger partial charge in [-0.2, -0.15) is 37.7 Å². The number of aryl methyl sites for hydroxylation is 4. The summed E-state index contributed by atoms with van der Waals surface area (Å²) in [5.41, 5.74) is 14.8. The predicted molar refractivity (Wildman–Crippen MR) is 409 cm³/mol. The molecule has 4 aliphatic carbocycles. The number of hydrogen-bond donors (Lipinski definition) is 1. The van der Waals surface area contributed by atoms with Crippen molar-refractivity contribution in [3.05, 3.63) is 208 Å². The second-order valence-corrected chi connectivity index (χ2v) is 39.5. The van der Waals surface area contributed by atoms with Crippen LogP contribution in [0.15, 0.2) is 148 Å². The minimum Gasteiger partial charge on any atom is -0.338 e. The van der Waals surface area contributed by atoms with Crippen LogP contribution in [0.1, 0.15) is 190 Å². The Balaban J connectivity index is 0.000000130. The molecular formula is C76H91BBrCl2N14O4P2Pd-2. The number of rotatable bonds is 15. The summed E-state index contributed by atoms with van der Waals surface area (Å²) in [5.74, 6) is 6.71. The summed E-state index contributed by atoms with van der Waals surface area (Å²) < 4.78 is 21.4. The van der Waals surface area contributed by atoms with E-state index in [4.69, 9.17) is 42.8 Å². The van der Waals surface area contributed by atoms with E-state index < -0.39 is 0 Å². The smallest absolute Gasteiger partial charge is 0.237 e. The second kappa shape index (κ2) is 32.8. The molecule has 8 heterocycles. The fourth-order valence-corrected chi connectivity index (χ4v) is 20.0. The molecule has 18 nitrogen and oxygen atoms in total. The van der Waals surface area contributed by atoms with Crippen LogP contribution in [0, 0.1) is 11.3 Å². The maximum absolute atomic E-state index is 8.70. The van der Waals surface area contributed by atoms with E-state index in [1.165, 1.54) is 68.5 Å². The molecule has 1 radical (unpaired) electrons. The monoisotopic (exact) mass is 1590 g/mol. The first-order valence-electron chi connectivity index (χ1n) is 34.3. The Morgan fingerprint density at radius 1 is 0.584 bits per heavy atom. The van der Waals surface area contributed by atoms with E-state index in [2.05, 4.69) is 263 Å². The molecule has 2 aliphatic heterocycles. The largest absolute Gasteiger partial charge is 0.338 e. The molecule has 2 atom stereocenters. The summed E-state index contributed by atoms with van der Waals surface area (Å²) in [6.07, 6.45) is 23.4. The van der Waals surface area contributed by atoms with E-state index in [1.807, 2.05) is 24.5 Å². The first-order chi connectivity index (χ1) is 48.3. The van der Waals surface area contributed by atoms with Crippen molar-refractivity contribution in [2.24, 2.45) is 0 Å². The summed E-state index contributed by atoms with van der Waals surface area (Å²) in [6.45, 7) is 23.1. The van der Waals surface area contributed by atoms with Crippen LogP contribution in [-0.2, 0) is 52.5 Å². The zero-order chi connectivity index (χ0) is 72.0. The third-order valence-electron chi connectivity index (χ3n) is 18.8. The minimum atomic E-state index is -0.220. The fourth-order valence-electron chi connectivity index (χ4n) is 13.4. The van der Waals surface area contributed by atoms with Crippen LogP contribution in [0.4, 0.5) is 11.4 Å². The van der Waals surface area contributed by atoms with E-state index in [9.17, 15) is 0 Å². The molecule has 101 heavy (non-hydrogen) atoms. The van der Waals surface area contributed by atoms with Gasteiger partial charge in [-0.1, -0.05) is 109 Å². The van der Waals surface area contributed by atoms with Crippen LogP contribution < -0.4 is 25.1 Å². The first kappa shape index (κ1) is 75.9. The molecule has 6 aliphatic rings. The number of halogens is 3. The van der Waals surface area contributed by atoms with Crippen molar-refractivity contribution >= 4 is 80.5 Å². The van der Waals surface area contributed by atoms with Gasteiger partial charge in [0.15, 0.2) is 11.6 Å². The molecule has 0 amide bonds. The van der Waals surface area contributed by atoms with Gasteiger partial charge in [0.2, 0.25) is 11.8 Å². The van der Waals surface area contributed by atoms with Gasteiger partial charge in [0.1, 0.15) is 30.1 Å². The molecule has 6 aromatic heterocycles. The molecule has 2 unspecified atom stereocenters. The molecule has 10 aromatic rings. The van der Waals surface area contributed by atoms with Crippen molar-refractivity contribution in [3.8, 4) is 28.3 Å². The van der Waals surface area contributed by atoms with Gasteiger partial charge in [-0.05, 0) is 169 Å². The third-order valence-corrected chi connectivity index (χ3v) is 25.4. The summed E-state index contributed by atoms with van der Waals surface area (Å²) in [4.78, 5) is 22.3. The molecule has 535 valence electrons. The zero-order valence-electron chi connectivity index (χ0n) is 60.2. The SMILES string of the molecule is Brc1ccc2c(c1)CCc1nncn1-2.C[C-](C)P(c1ccc(N(C)C)cc1)C(C)(C)C.C[C-](C)P(c1ccc(N(C)C)cc1)C(C)(C)C.O[B]Oc1cncc(C2(c3nc(C4CC4)no3)CC2)c1.[Cl][Pd][Cl].c1cc2c(cc1-c1cncc(C3(c4nc(C5CC5)no4)CC3)c1)CCc1nncn1-2.